The van der Waals surface area contributed by atoms with E-state index in [1.165, 1.54) is 11.1 Å². The van der Waals surface area contributed by atoms with Gasteiger partial charge in [0.2, 0.25) is 0 Å². The molecule has 26 heavy (non-hydrogen) atoms. The van der Waals surface area contributed by atoms with Gasteiger partial charge in [-0.15, -0.1) is 0 Å². The van der Waals surface area contributed by atoms with Gasteiger partial charge in [-0.25, -0.2) is 8.42 Å². The number of carbonyl (C=O) groups excluding carboxylic acids is 1. The van der Waals surface area contributed by atoms with Crippen molar-refractivity contribution in [1.29, 1.82) is 0 Å². The molecular formula is C16H16BrF3O4SSe. The molecule has 0 aromatic heterocycles. The van der Waals surface area contributed by atoms with E-state index in [1.54, 1.807) is 0 Å². The van der Waals surface area contributed by atoms with Crippen LogP contribution in [0.15, 0.2) is 50.4 Å². The first-order valence-corrected chi connectivity index (χ1v) is 13.0. The number of carbonyl (C=O) groups is 1. The van der Waals surface area contributed by atoms with Crippen LogP contribution in [0.25, 0.3) is 0 Å². The number of rotatable bonds is 2. The molecule has 0 N–H and O–H groups in total. The van der Waals surface area contributed by atoms with Crippen LogP contribution in [0.4, 0.5) is 13.2 Å². The minimum absolute atomic E-state index is 0.210. The number of alkyl halides is 3. The Morgan fingerprint density at radius 3 is 2.08 bits per heavy atom. The van der Waals surface area contributed by atoms with E-state index in [1.807, 2.05) is 24.3 Å². The summed E-state index contributed by atoms with van der Waals surface area (Å²) in [5.74, 6) is 2.46. The molecule has 0 amide bonds. The van der Waals surface area contributed by atoms with E-state index in [0.29, 0.717) is 0 Å². The van der Waals surface area contributed by atoms with Crippen molar-refractivity contribution in [1.82, 2.24) is 0 Å². The molecule has 1 atom stereocenters. The fourth-order valence-electron chi connectivity index (χ4n) is 1.90. The monoisotopic (exact) mass is 520 g/mol. The average molecular weight is 520 g/mol. The molecule has 2 rings (SSSR count). The molecular weight excluding hydrogens is 504 g/mol. The second-order valence-electron chi connectivity index (χ2n) is 5.49. The van der Waals surface area contributed by atoms with Gasteiger partial charge in [-0.05, 0) is 0 Å². The summed E-state index contributed by atoms with van der Waals surface area (Å²) >= 11 is 2.43. The minimum atomic E-state index is -6.09. The Morgan fingerprint density at radius 1 is 1.19 bits per heavy atom. The largest absolute Gasteiger partial charge is 0.741 e. The minimum Gasteiger partial charge on any atom is -0.741 e. The Kier molecular flexibility index (Phi) is 7.86. The van der Waals surface area contributed by atoms with Gasteiger partial charge in [0.15, 0.2) is 10.1 Å². The molecule has 0 fully saturated rings. The Morgan fingerprint density at radius 2 is 1.65 bits per heavy atom. The zero-order valence-corrected chi connectivity index (χ0v) is 18.2. The van der Waals surface area contributed by atoms with Gasteiger partial charge in [-0.1, -0.05) is 0 Å². The zero-order valence-electron chi connectivity index (χ0n) is 14.1. The summed E-state index contributed by atoms with van der Waals surface area (Å²) in [6, 6.07) is 7.64. The van der Waals surface area contributed by atoms with Crippen LogP contribution < -0.4 is 0 Å². The van der Waals surface area contributed by atoms with Gasteiger partial charge < -0.3 is 4.55 Å². The van der Waals surface area contributed by atoms with Crippen LogP contribution in [-0.2, 0) is 10.1 Å². The number of hydrogen-bond donors (Lipinski definition) is 0. The topological polar surface area (TPSA) is 74.3 Å². The number of hydrogen-bond acceptors (Lipinski definition) is 4. The number of halogens is 4. The van der Waals surface area contributed by atoms with Crippen molar-refractivity contribution in [3.8, 4) is 0 Å². The van der Waals surface area contributed by atoms with E-state index in [0.717, 1.165) is 19.8 Å². The Balaban J connectivity index is 0.000000359. The van der Waals surface area contributed by atoms with Gasteiger partial charge in [0.05, 0.1) is 0 Å². The summed E-state index contributed by atoms with van der Waals surface area (Å²) in [5.41, 5.74) is -2.15. The van der Waals surface area contributed by atoms with Crippen molar-refractivity contribution >= 4 is 45.7 Å². The van der Waals surface area contributed by atoms with Crippen LogP contribution in [-0.4, -0.2) is 38.2 Å². The van der Waals surface area contributed by atoms with Crippen LogP contribution in [0.3, 0.4) is 0 Å². The molecule has 1 heterocycles. The summed E-state index contributed by atoms with van der Waals surface area (Å²) < 4.78 is 61.0. The number of allylic oxidation sites excluding steroid dienone is 4. The van der Waals surface area contributed by atoms with Crippen molar-refractivity contribution in [3.05, 3.63) is 56.0 Å². The summed E-state index contributed by atoms with van der Waals surface area (Å²) in [7, 11) is -6.09. The van der Waals surface area contributed by atoms with Gasteiger partial charge in [0.1, 0.15) is 0 Å². The van der Waals surface area contributed by atoms with E-state index < -0.39 is 29.5 Å². The molecule has 1 aromatic rings. The fourth-order valence-corrected chi connectivity index (χ4v) is 6.04. The van der Waals surface area contributed by atoms with Crippen LogP contribution >= 0.6 is 15.9 Å². The molecule has 10 heteroatoms. The van der Waals surface area contributed by atoms with Gasteiger partial charge in [0.25, 0.3) is 0 Å². The number of Topliss-reactive ketones (excluding diaryl/α,β-unsaturated/α-hetero) is 1. The second kappa shape index (κ2) is 8.84. The Bertz CT molecular complexity index is 843. The average Bonchev–Trinajstić information content (AvgIpc) is 2.49. The predicted octanol–water partition coefficient (Wildman–Crippen LogP) is 4.62. The molecule has 144 valence electrons. The van der Waals surface area contributed by atoms with Crippen LogP contribution in [0.5, 0.6) is 0 Å². The molecule has 1 unspecified atom stereocenters. The predicted molar refractivity (Wildman–Crippen MR) is 97.1 cm³/mol. The molecule has 0 saturated heterocycles. The summed E-state index contributed by atoms with van der Waals surface area (Å²) in [6.45, 7) is 4.27. The van der Waals surface area contributed by atoms with Crippen molar-refractivity contribution in [2.75, 3.05) is 0 Å². The molecule has 4 nitrogen and oxygen atoms in total. The third kappa shape index (κ3) is 6.35. The molecule has 1 aliphatic rings. The maximum atomic E-state index is 12.5. The summed E-state index contributed by atoms with van der Waals surface area (Å²) in [6.07, 6.45) is 2.11. The normalized spacial score (nSPS) is 18.0. The van der Waals surface area contributed by atoms with E-state index in [4.69, 9.17) is 13.0 Å². The van der Waals surface area contributed by atoms with Crippen molar-refractivity contribution < 1.29 is 30.9 Å². The maximum Gasteiger partial charge on any atom is 0.485 e. The Labute approximate surface area is 162 Å². The maximum absolute atomic E-state index is 12.5. The summed E-state index contributed by atoms with van der Waals surface area (Å²) in [5, 5.41) is 1.11. The van der Waals surface area contributed by atoms with Crippen molar-refractivity contribution in [2.45, 2.75) is 30.5 Å². The van der Waals surface area contributed by atoms with Gasteiger partial charge in [-0.3, -0.25) is 0 Å². The molecule has 1 aromatic carbocycles. The quantitative estimate of drug-likeness (QED) is 0.247. The smallest absolute Gasteiger partial charge is 0.485 e. The van der Waals surface area contributed by atoms with Crippen molar-refractivity contribution in [3.63, 3.8) is 0 Å². The van der Waals surface area contributed by atoms with E-state index in [9.17, 15) is 18.0 Å². The SMILES string of the molecule is CC1=C(C)C[Se+](C)C(C(=O)c2ccc(Br)cc2)=C1.O=S(=O)([O-])C(F)(F)F. The standard InChI is InChI=1S/C15H16BrOSe.CHF3O3S/c1-10-8-14(18(3)9-11(10)2)15(17)12-4-6-13(16)7-5-12;2-1(3,4)8(5,6)7/h4-8H,9H2,1-3H3;(H,5,6,7)/q+1;/p-1. The second-order valence-corrected chi connectivity index (χ2v) is 12.0. The molecule has 0 spiro atoms. The Hall–Kier alpha value is -0.931. The molecule has 0 saturated carbocycles. The van der Waals surface area contributed by atoms with Gasteiger partial charge in [0, 0.05) is 0 Å². The van der Waals surface area contributed by atoms with E-state index in [2.05, 4.69) is 41.7 Å². The first-order chi connectivity index (χ1) is 11.7. The molecule has 0 aliphatic carbocycles. The van der Waals surface area contributed by atoms with E-state index in [-0.39, 0.29) is 5.78 Å². The van der Waals surface area contributed by atoms with Gasteiger partial charge >= 0.3 is 127 Å². The third-order valence-electron chi connectivity index (χ3n) is 3.44. The first kappa shape index (κ1) is 23.1. The third-order valence-corrected chi connectivity index (χ3v) is 8.57. The molecule has 0 radical (unpaired) electrons. The number of ketones is 1. The van der Waals surface area contributed by atoms with Crippen LogP contribution in [0.1, 0.15) is 24.2 Å². The van der Waals surface area contributed by atoms with E-state index >= 15 is 0 Å². The zero-order chi connectivity index (χ0) is 20.3. The first-order valence-electron chi connectivity index (χ1n) is 7.07. The van der Waals surface area contributed by atoms with Crippen molar-refractivity contribution in [2.24, 2.45) is 0 Å². The molecule has 0 bridgehead atoms. The van der Waals surface area contributed by atoms with Gasteiger partial charge in [-0.2, -0.15) is 13.2 Å². The summed E-state index contributed by atoms with van der Waals surface area (Å²) in [4.78, 5) is 12.5. The number of benzene rings is 1. The van der Waals surface area contributed by atoms with Crippen LogP contribution in [0.2, 0.25) is 11.1 Å². The fraction of sp³-hybridized carbons (Fsp3) is 0.312. The molecule has 1 aliphatic heterocycles. The van der Waals surface area contributed by atoms with Crippen LogP contribution in [0, 0.1) is 0 Å².